The summed E-state index contributed by atoms with van der Waals surface area (Å²) in [4.78, 5) is 5.38. The van der Waals surface area contributed by atoms with Crippen molar-refractivity contribution in [2.24, 2.45) is 0 Å². The van der Waals surface area contributed by atoms with Gasteiger partial charge in [0.25, 0.3) is 0 Å². The van der Waals surface area contributed by atoms with Gasteiger partial charge in [0.05, 0.1) is 0 Å². The van der Waals surface area contributed by atoms with Gasteiger partial charge >= 0.3 is 0 Å². The van der Waals surface area contributed by atoms with Crippen LogP contribution >= 0.6 is 0 Å². The third-order valence-electron chi connectivity index (χ3n) is 4.52. The molecule has 1 unspecified atom stereocenters. The summed E-state index contributed by atoms with van der Waals surface area (Å²) < 4.78 is 0. The monoisotopic (exact) mass is 267 g/mol. The van der Waals surface area contributed by atoms with Crippen LogP contribution < -0.4 is 5.32 Å². The molecular formula is C16H33N3. The van der Waals surface area contributed by atoms with Gasteiger partial charge in [0.1, 0.15) is 0 Å². The van der Waals surface area contributed by atoms with Crippen LogP contribution in [0.2, 0.25) is 0 Å². The first-order chi connectivity index (χ1) is 9.04. The van der Waals surface area contributed by atoms with Gasteiger partial charge in [-0.25, -0.2) is 0 Å². The predicted octanol–water partition coefficient (Wildman–Crippen LogP) is 2.32. The molecule has 1 N–H and O–H groups in total. The quantitative estimate of drug-likeness (QED) is 0.825. The summed E-state index contributed by atoms with van der Waals surface area (Å²) in [6.07, 6.45) is 7.01. The van der Waals surface area contributed by atoms with Gasteiger partial charge in [-0.2, -0.15) is 0 Å². The largest absolute Gasteiger partial charge is 0.311 e. The van der Waals surface area contributed by atoms with Crippen LogP contribution in [0.3, 0.4) is 0 Å². The number of piperidine rings is 1. The molecule has 0 aromatic carbocycles. The van der Waals surface area contributed by atoms with Crippen molar-refractivity contribution in [3.63, 3.8) is 0 Å². The third-order valence-corrected chi connectivity index (χ3v) is 4.52. The molecule has 1 atom stereocenters. The van der Waals surface area contributed by atoms with Gasteiger partial charge in [-0.1, -0.05) is 6.42 Å². The molecule has 0 radical (unpaired) electrons. The van der Waals surface area contributed by atoms with E-state index in [1.807, 2.05) is 0 Å². The van der Waals surface area contributed by atoms with Crippen LogP contribution in [0.4, 0.5) is 0 Å². The smallest absolute Gasteiger partial charge is 0.0221 e. The normalized spacial score (nSPS) is 27.0. The van der Waals surface area contributed by atoms with E-state index in [1.165, 1.54) is 64.8 Å². The fourth-order valence-electron chi connectivity index (χ4n) is 3.29. The topological polar surface area (TPSA) is 18.5 Å². The predicted molar refractivity (Wildman–Crippen MR) is 82.6 cm³/mol. The molecule has 0 aromatic rings. The van der Waals surface area contributed by atoms with Gasteiger partial charge in [-0.3, -0.25) is 4.90 Å². The minimum atomic E-state index is 0.248. The van der Waals surface area contributed by atoms with E-state index >= 15 is 0 Å². The molecule has 0 amide bonds. The highest BCUT2D eigenvalue weighted by Gasteiger charge is 2.24. The second-order valence-electron chi connectivity index (χ2n) is 7.37. The lowest BCUT2D eigenvalue weighted by atomic mass is 10.0. The molecule has 0 spiro atoms. The second kappa shape index (κ2) is 7.05. The summed E-state index contributed by atoms with van der Waals surface area (Å²) in [6.45, 7) is 14.5. The lowest BCUT2D eigenvalue weighted by Gasteiger charge is -2.38. The Morgan fingerprint density at radius 3 is 2.32 bits per heavy atom. The second-order valence-corrected chi connectivity index (χ2v) is 7.37. The van der Waals surface area contributed by atoms with Crippen molar-refractivity contribution < 1.29 is 0 Å². The highest BCUT2D eigenvalue weighted by Crippen LogP contribution is 2.17. The molecule has 2 aliphatic heterocycles. The molecule has 112 valence electrons. The van der Waals surface area contributed by atoms with Crippen LogP contribution in [0.5, 0.6) is 0 Å². The zero-order valence-electron chi connectivity index (χ0n) is 13.2. The van der Waals surface area contributed by atoms with Crippen molar-refractivity contribution in [2.45, 2.75) is 64.5 Å². The molecule has 2 rings (SSSR count). The van der Waals surface area contributed by atoms with Gasteiger partial charge in [0, 0.05) is 31.2 Å². The van der Waals surface area contributed by atoms with E-state index in [4.69, 9.17) is 0 Å². The Kier molecular flexibility index (Phi) is 5.67. The lowest BCUT2D eigenvalue weighted by Crippen LogP contribution is -2.51. The summed E-state index contributed by atoms with van der Waals surface area (Å²) in [6, 6.07) is 0.760. The van der Waals surface area contributed by atoms with Crippen LogP contribution in [-0.2, 0) is 0 Å². The Bertz CT molecular complexity index is 253. The number of likely N-dealkylation sites (tertiary alicyclic amines) is 2. The Morgan fingerprint density at radius 2 is 1.63 bits per heavy atom. The first kappa shape index (κ1) is 15.3. The van der Waals surface area contributed by atoms with Crippen molar-refractivity contribution in [3.8, 4) is 0 Å². The van der Waals surface area contributed by atoms with E-state index in [0.717, 1.165) is 12.6 Å². The molecule has 19 heavy (non-hydrogen) atoms. The summed E-state index contributed by atoms with van der Waals surface area (Å²) in [5, 5.41) is 3.69. The van der Waals surface area contributed by atoms with E-state index in [2.05, 4.69) is 35.9 Å². The van der Waals surface area contributed by atoms with Gasteiger partial charge in [0.2, 0.25) is 0 Å². The zero-order chi connectivity index (χ0) is 13.7. The molecule has 3 heteroatoms. The third kappa shape index (κ3) is 5.41. The Hall–Kier alpha value is -0.120. The van der Waals surface area contributed by atoms with E-state index in [0.29, 0.717) is 0 Å². The molecule has 0 bridgehead atoms. The Labute approximate surface area is 119 Å². The first-order valence-electron chi connectivity index (χ1n) is 8.26. The standard InChI is InChI=1S/C16H33N3/c1-16(2,3)17-14-15-8-4-5-11-19(15)13-12-18-9-6-7-10-18/h15,17H,4-14H2,1-3H3. The molecule has 2 fully saturated rings. The minimum Gasteiger partial charge on any atom is -0.311 e. The zero-order valence-corrected chi connectivity index (χ0v) is 13.2. The van der Waals surface area contributed by atoms with Crippen LogP contribution in [0.15, 0.2) is 0 Å². The molecule has 2 heterocycles. The minimum absolute atomic E-state index is 0.248. The van der Waals surface area contributed by atoms with Gasteiger partial charge in [-0.05, 0) is 66.1 Å². The Balaban J connectivity index is 1.74. The SMILES string of the molecule is CC(C)(C)NCC1CCCCN1CCN1CCCC1. The number of nitrogens with one attached hydrogen (secondary N) is 1. The first-order valence-corrected chi connectivity index (χ1v) is 8.26. The van der Waals surface area contributed by atoms with Crippen LogP contribution in [0.1, 0.15) is 52.9 Å². The highest BCUT2D eigenvalue weighted by molar-refractivity contribution is 4.83. The summed E-state index contributed by atoms with van der Waals surface area (Å²) >= 11 is 0. The van der Waals surface area contributed by atoms with E-state index in [9.17, 15) is 0 Å². The van der Waals surface area contributed by atoms with Crippen molar-refractivity contribution in [1.29, 1.82) is 0 Å². The van der Waals surface area contributed by atoms with Gasteiger partial charge < -0.3 is 10.2 Å². The van der Waals surface area contributed by atoms with Crippen molar-refractivity contribution >= 4 is 0 Å². The van der Waals surface area contributed by atoms with Gasteiger partial charge in [0.15, 0.2) is 0 Å². The fraction of sp³-hybridized carbons (Fsp3) is 1.00. The summed E-state index contributed by atoms with van der Waals surface area (Å²) in [5.74, 6) is 0. The molecule has 0 aliphatic carbocycles. The molecular weight excluding hydrogens is 234 g/mol. The Morgan fingerprint density at radius 1 is 0.947 bits per heavy atom. The fourth-order valence-corrected chi connectivity index (χ4v) is 3.29. The van der Waals surface area contributed by atoms with E-state index in [-0.39, 0.29) is 5.54 Å². The molecule has 3 nitrogen and oxygen atoms in total. The molecule has 0 saturated carbocycles. The average molecular weight is 267 g/mol. The molecule has 0 aromatic heterocycles. The molecule has 2 saturated heterocycles. The number of rotatable bonds is 5. The van der Waals surface area contributed by atoms with Crippen LogP contribution in [-0.4, -0.2) is 60.6 Å². The van der Waals surface area contributed by atoms with Crippen molar-refractivity contribution in [3.05, 3.63) is 0 Å². The van der Waals surface area contributed by atoms with Gasteiger partial charge in [-0.15, -0.1) is 0 Å². The lowest BCUT2D eigenvalue weighted by molar-refractivity contribution is 0.124. The average Bonchev–Trinajstić information content (AvgIpc) is 2.87. The maximum atomic E-state index is 3.69. The van der Waals surface area contributed by atoms with E-state index < -0.39 is 0 Å². The van der Waals surface area contributed by atoms with E-state index in [1.54, 1.807) is 0 Å². The van der Waals surface area contributed by atoms with Crippen molar-refractivity contribution in [2.75, 3.05) is 39.3 Å². The number of hydrogen-bond donors (Lipinski definition) is 1. The van der Waals surface area contributed by atoms with Crippen LogP contribution in [0.25, 0.3) is 0 Å². The van der Waals surface area contributed by atoms with Crippen molar-refractivity contribution in [1.82, 2.24) is 15.1 Å². The number of nitrogens with zero attached hydrogens (tertiary/aromatic N) is 2. The summed E-state index contributed by atoms with van der Waals surface area (Å²) in [7, 11) is 0. The maximum Gasteiger partial charge on any atom is 0.0221 e. The maximum absolute atomic E-state index is 3.69. The van der Waals surface area contributed by atoms with Crippen LogP contribution in [0, 0.1) is 0 Å². The summed E-state index contributed by atoms with van der Waals surface area (Å²) in [5.41, 5.74) is 0.248. The molecule has 2 aliphatic rings. The number of hydrogen-bond acceptors (Lipinski definition) is 3. The highest BCUT2D eigenvalue weighted by atomic mass is 15.2.